The first-order valence-corrected chi connectivity index (χ1v) is 5.64. The van der Waals surface area contributed by atoms with E-state index in [2.05, 4.69) is 4.74 Å². The molecule has 0 spiro atoms. The largest absolute Gasteiger partial charge is 0.573 e. The van der Waals surface area contributed by atoms with Crippen LogP contribution in [0.2, 0.25) is 0 Å². The predicted octanol–water partition coefficient (Wildman–Crippen LogP) is 3.71. The van der Waals surface area contributed by atoms with Gasteiger partial charge in [0.1, 0.15) is 5.75 Å². The summed E-state index contributed by atoms with van der Waals surface area (Å²) in [7, 11) is 0. The summed E-state index contributed by atoms with van der Waals surface area (Å²) in [5.41, 5.74) is 7.50. The first-order chi connectivity index (χ1) is 8.99. The van der Waals surface area contributed by atoms with Crippen LogP contribution in [0.3, 0.4) is 0 Å². The molecule has 0 aromatic heterocycles. The van der Waals surface area contributed by atoms with Crippen LogP contribution in [0.15, 0.2) is 48.5 Å². The Morgan fingerprint density at radius 3 is 2.21 bits per heavy atom. The van der Waals surface area contributed by atoms with Crippen LogP contribution in [0.5, 0.6) is 5.75 Å². The Morgan fingerprint density at radius 1 is 0.947 bits per heavy atom. The fourth-order valence-electron chi connectivity index (χ4n) is 1.77. The highest BCUT2D eigenvalue weighted by atomic mass is 19.4. The van der Waals surface area contributed by atoms with Gasteiger partial charge in [0.2, 0.25) is 0 Å². The number of benzene rings is 2. The highest BCUT2D eigenvalue weighted by Gasteiger charge is 2.31. The van der Waals surface area contributed by atoms with Crippen LogP contribution in [-0.4, -0.2) is 6.36 Å². The lowest BCUT2D eigenvalue weighted by Crippen LogP contribution is -2.18. The third-order valence-electron chi connectivity index (χ3n) is 2.61. The van der Waals surface area contributed by atoms with Gasteiger partial charge in [-0.05, 0) is 23.3 Å². The Bertz CT molecular complexity index is 552. The second-order valence-electron chi connectivity index (χ2n) is 3.94. The quantitative estimate of drug-likeness (QED) is 0.920. The molecule has 0 heterocycles. The third-order valence-corrected chi connectivity index (χ3v) is 2.61. The Balaban J connectivity index is 2.36. The molecule has 2 aromatic rings. The van der Waals surface area contributed by atoms with Crippen molar-refractivity contribution in [3.63, 3.8) is 0 Å². The molecule has 2 rings (SSSR count). The summed E-state index contributed by atoms with van der Waals surface area (Å²) < 4.78 is 40.6. The number of ether oxygens (including phenoxy) is 1. The number of rotatable bonds is 3. The molecule has 2 N–H and O–H groups in total. The minimum atomic E-state index is -4.71. The lowest BCUT2D eigenvalue weighted by atomic mass is 10.0. The van der Waals surface area contributed by atoms with Crippen LogP contribution in [0.1, 0.15) is 5.56 Å². The highest BCUT2D eigenvalue weighted by Crippen LogP contribution is 2.30. The number of nitrogens with two attached hydrogens (primary N) is 1. The van der Waals surface area contributed by atoms with Crippen molar-refractivity contribution in [1.82, 2.24) is 0 Å². The Hall–Kier alpha value is -2.01. The van der Waals surface area contributed by atoms with Crippen LogP contribution in [-0.2, 0) is 6.54 Å². The summed E-state index contributed by atoms with van der Waals surface area (Å²) in [6, 6.07) is 13.8. The lowest BCUT2D eigenvalue weighted by molar-refractivity contribution is -0.274. The second kappa shape index (κ2) is 5.32. The molecule has 0 atom stereocenters. The molecule has 5 heteroatoms. The van der Waals surface area contributed by atoms with E-state index in [4.69, 9.17) is 5.73 Å². The maximum absolute atomic E-state index is 12.2. The van der Waals surface area contributed by atoms with Gasteiger partial charge in [-0.2, -0.15) is 0 Å². The van der Waals surface area contributed by atoms with E-state index in [-0.39, 0.29) is 12.3 Å². The summed E-state index contributed by atoms with van der Waals surface area (Å²) in [5.74, 6) is -0.255. The van der Waals surface area contributed by atoms with Crippen molar-refractivity contribution in [2.24, 2.45) is 5.73 Å². The topological polar surface area (TPSA) is 35.2 Å². The van der Waals surface area contributed by atoms with Gasteiger partial charge in [-0.25, -0.2) is 0 Å². The van der Waals surface area contributed by atoms with Gasteiger partial charge in [0.15, 0.2) is 0 Å². The number of halogens is 3. The van der Waals surface area contributed by atoms with Gasteiger partial charge in [0, 0.05) is 12.1 Å². The third kappa shape index (κ3) is 3.48. The van der Waals surface area contributed by atoms with E-state index >= 15 is 0 Å². The van der Waals surface area contributed by atoms with Crippen molar-refractivity contribution in [1.29, 1.82) is 0 Å². The second-order valence-corrected chi connectivity index (χ2v) is 3.94. The van der Waals surface area contributed by atoms with Gasteiger partial charge < -0.3 is 10.5 Å². The summed E-state index contributed by atoms with van der Waals surface area (Å²) in [6.07, 6.45) is -4.71. The van der Waals surface area contributed by atoms with Crippen molar-refractivity contribution >= 4 is 0 Å². The van der Waals surface area contributed by atoms with E-state index in [1.165, 1.54) is 6.07 Å². The molecule has 0 bridgehead atoms. The molecule has 0 aliphatic rings. The molecule has 0 fully saturated rings. The van der Waals surface area contributed by atoms with E-state index in [0.717, 1.165) is 11.1 Å². The zero-order chi connectivity index (χ0) is 13.9. The van der Waals surface area contributed by atoms with Crippen LogP contribution in [0.25, 0.3) is 11.1 Å². The van der Waals surface area contributed by atoms with Crippen molar-refractivity contribution in [3.8, 4) is 16.9 Å². The standard InChI is InChI=1S/C14H12F3NO/c15-14(16,17)19-13-7-6-11(8-12(13)9-18)10-4-2-1-3-5-10/h1-8H,9,18H2. The molecule has 0 aliphatic carbocycles. The molecule has 2 aromatic carbocycles. The van der Waals surface area contributed by atoms with Crippen LogP contribution < -0.4 is 10.5 Å². The van der Waals surface area contributed by atoms with E-state index in [9.17, 15) is 13.2 Å². The van der Waals surface area contributed by atoms with Gasteiger partial charge in [-0.15, -0.1) is 13.2 Å². The SMILES string of the molecule is NCc1cc(-c2ccccc2)ccc1OC(F)(F)F. The molecule has 0 amide bonds. The Kier molecular flexibility index (Phi) is 3.76. The zero-order valence-electron chi connectivity index (χ0n) is 9.95. The van der Waals surface area contributed by atoms with Gasteiger partial charge in [-0.1, -0.05) is 36.4 Å². The first-order valence-electron chi connectivity index (χ1n) is 5.64. The van der Waals surface area contributed by atoms with Crippen LogP contribution >= 0.6 is 0 Å². The molecule has 0 unspecified atom stereocenters. The number of alkyl halides is 3. The minimum Gasteiger partial charge on any atom is -0.405 e. The normalized spacial score (nSPS) is 11.4. The van der Waals surface area contributed by atoms with Gasteiger partial charge in [0.05, 0.1) is 0 Å². The summed E-state index contributed by atoms with van der Waals surface area (Å²) in [4.78, 5) is 0. The predicted molar refractivity (Wildman–Crippen MR) is 66.5 cm³/mol. The van der Waals surface area contributed by atoms with Crippen molar-refractivity contribution < 1.29 is 17.9 Å². The zero-order valence-corrected chi connectivity index (χ0v) is 9.95. The highest BCUT2D eigenvalue weighted by molar-refractivity contribution is 5.65. The summed E-state index contributed by atoms with van der Waals surface area (Å²) >= 11 is 0. The first kappa shape index (κ1) is 13.4. The molecule has 0 aliphatic heterocycles. The summed E-state index contributed by atoms with van der Waals surface area (Å²) in [5, 5.41) is 0. The van der Waals surface area contributed by atoms with E-state index in [1.54, 1.807) is 12.1 Å². The molecule has 0 radical (unpaired) electrons. The molecular formula is C14H12F3NO. The summed E-state index contributed by atoms with van der Waals surface area (Å²) in [6.45, 7) is -0.0217. The smallest absolute Gasteiger partial charge is 0.405 e. The molecule has 0 saturated heterocycles. The molecule has 0 saturated carbocycles. The van der Waals surface area contributed by atoms with Gasteiger partial charge >= 0.3 is 6.36 Å². The van der Waals surface area contributed by atoms with E-state index in [0.29, 0.717) is 5.56 Å². The molecule has 19 heavy (non-hydrogen) atoms. The molecular weight excluding hydrogens is 255 g/mol. The number of hydrogen-bond acceptors (Lipinski definition) is 2. The minimum absolute atomic E-state index is 0.0217. The maximum atomic E-state index is 12.2. The number of hydrogen-bond donors (Lipinski definition) is 1. The van der Waals surface area contributed by atoms with Crippen molar-refractivity contribution in [2.45, 2.75) is 12.9 Å². The Labute approximate surface area is 108 Å². The van der Waals surface area contributed by atoms with Crippen LogP contribution in [0, 0.1) is 0 Å². The van der Waals surface area contributed by atoms with Gasteiger partial charge in [0.25, 0.3) is 0 Å². The monoisotopic (exact) mass is 267 g/mol. The fourth-order valence-corrected chi connectivity index (χ4v) is 1.77. The van der Waals surface area contributed by atoms with Crippen molar-refractivity contribution in [2.75, 3.05) is 0 Å². The van der Waals surface area contributed by atoms with E-state index in [1.807, 2.05) is 30.3 Å². The lowest BCUT2D eigenvalue weighted by Gasteiger charge is -2.13. The van der Waals surface area contributed by atoms with Gasteiger partial charge in [-0.3, -0.25) is 0 Å². The maximum Gasteiger partial charge on any atom is 0.573 e. The Morgan fingerprint density at radius 2 is 1.63 bits per heavy atom. The van der Waals surface area contributed by atoms with E-state index < -0.39 is 6.36 Å². The average molecular weight is 267 g/mol. The average Bonchev–Trinajstić information content (AvgIpc) is 2.38. The fraction of sp³-hybridized carbons (Fsp3) is 0.143. The van der Waals surface area contributed by atoms with Crippen LogP contribution in [0.4, 0.5) is 13.2 Å². The molecule has 100 valence electrons. The van der Waals surface area contributed by atoms with Crippen molar-refractivity contribution in [3.05, 3.63) is 54.1 Å². The molecule has 2 nitrogen and oxygen atoms in total.